The number of fused-ring (bicyclic) bond motifs is 6. The highest BCUT2D eigenvalue weighted by atomic mass is 16.3. The van der Waals surface area contributed by atoms with Crippen molar-refractivity contribution in [2.75, 3.05) is 7.05 Å². The number of hydrogen-bond donors (Lipinski definition) is 1. The highest BCUT2D eigenvalue weighted by Crippen LogP contribution is 2.45. The zero-order chi connectivity index (χ0) is 41.1. The summed E-state index contributed by atoms with van der Waals surface area (Å²) >= 11 is 0. The van der Waals surface area contributed by atoms with E-state index < -0.39 is 0 Å². The lowest BCUT2D eigenvalue weighted by molar-refractivity contribution is -0.621. The number of rotatable bonds is 6. The maximum absolute atomic E-state index is 6.86. The summed E-state index contributed by atoms with van der Waals surface area (Å²) in [5.74, 6) is 0.997. The maximum Gasteiger partial charge on any atom is 0.230 e. The average Bonchev–Trinajstić information content (AvgIpc) is 3.70. The van der Waals surface area contributed by atoms with E-state index >= 15 is 0 Å². The standard InChI is InChI=1S/C58H41N3O/c1-61-57(41-18-6-3-7-19-41)59-56(40-29-27-38(28-30-40)37-15-4-2-5-16-37)60-58(61)50-32-31-49(47-24-12-13-25-48(47)50)51-34-44(46-26-14-22-39-17-10-11-23-45(39)46)36-54-55(51)52-33-42-20-8-9-21-43(42)35-53(52)62-54/h2-36,57-58H,1H3,(H,59,60)/p+1. The van der Waals surface area contributed by atoms with Crippen molar-refractivity contribution in [1.82, 2.24) is 4.90 Å². The first-order valence-corrected chi connectivity index (χ1v) is 21.4. The number of quaternary nitrogens is 1. The summed E-state index contributed by atoms with van der Waals surface area (Å²) in [6, 6.07) is 76.6. The molecule has 0 saturated heterocycles. The molecule has 1 aromatic heterocycles. The monoisotopic (exact) mass is 796 g/mol. The van der Waals surface area contributed by atoms with E-state index in [2.05, 4.69) is 230 Å². The van der Waals surface area contributed by atoms with E-state index in [-0.39, 0.29) is 12.3 Å². The summed E-state index contributed by atoms with van der Waals surface area (Å²) in [7, 11) is 2.21. The molecule has 0 saturated carbocycles. The van der Waals surface area contributed by atoms with Crippen molar-refractivity contribution in [3.8, 4) is 33.4 Å². The molecule has 4 heteroatoms. The Bertz CT molecular complexity index is 3510. The second kappa shape index (κ2) is 14.8. The van der Waals surface area contributed by atoms with E-state index in [1.54, 1.807) is 0 Å². The smallest absolute Gasteiger partial charge is 0.230 e. The Kier molecular flexibility index (Phi) is 8.66. The predicted molar refractivity (Wildman–Crippen MR) is 257 cm³/mol. The van der Waals surface area contributed by atoms with Crippen molar-refractivity contribution >= 4 is 60.1 Å². The van der Waals surface area contributed by atoms with E-state index in [9.17, 15) is 0 Å². The molecule has 294 valence electrons. The van der Waals surface area contributed by atoms with Gasteiger partial charge in [0, 0.05) is 16.3 Å². The van der Waals surface area contributed by atoms with Crippen LogP contribution in [-0.4, -0.2) is 17.8 Å². The molecule has 10 aromatic carbocycles. The Morgan fingerprint density at radius 2 is 1.06 bits per heavy atom. The van der Waals surface area contributed by atoms with Crippen molar-refractivity contribution < 1.29 is 9.73 Å². The van der Waals surface area contributed by atoms with Gasteiger partial charge in [0.15, 0.2) is 6.17 Å². The van der Waals surface area contributed by atoms with Gasteiger partial charge in [0.2, 0.25) is 5.84 Å². The van der Waals surface area contributed by atoms with Gasteiger partial charge in [-0.05, 0) is 115 Å². The SMILES string of the molecule is CN1C(c2ccccc2)N=C(c2ccc(-c3ccccc3)cc2)[NH2+]C1c1ccc(-c2cc(-c3cccc4ccccc34)cc3oc4cc5ccccc5cc4c23)c2ccccc12. The lowest BCUT2D eigenvalue weighted by Gasteiger charge is -2.36. The quantitative estimate of drug-likeness (QED) is 0.182. The van der Waals surface area contributed by atoms with Gasteiger partial charge in [-0.2, -0.15) is 0 Å². The van der Waals surface area contributed by atoms with Crippen molar-refractivity contribution in [2.24, 2.45) is 4.99 Å². The van der Waals surface area contributed by atoms with E-state index in [0.29, 0.717) is 0 Å². The Labute approximate surface area is 360 Å². The molecule has 62 heavy (non-hydrogen) atoms. The molecule has 1 aliphatic heterocycles. The summed E-state index contributed by atoms with van der Waals surface area (Å²) in [4.78, 5) is 7.85. The highest BCUT2D eigenvalue weighted by Gasteiger charge is 2.36. The minimum Gasteiger partial charge on any atom is -0.456 e. The molecule has 0 spiro atoms. The highest BCUT2D eigenvalue weighted by molar-refractivity contribution is 6.19. The molecule has 4 nitrogen and oxygen atoms in total. The second-order valence-electron chi connectivity index (χ2n) is 16.5. The van der Waals surface area contributed by atoms with Crippen LogP contribution in [0.2, 0.25) is 0 Å². The van der Waals surface area contributed by atoms with Crippen molar-refractivity contribution in [2.45, 2.75) is 12.3 Å². The molecule has 2 heterocycles. The van der Waals surface area contributed by atoms with Crippen LogP contribution in [0.4, 0.5) is 0 Å². The van der Waals surface area contributed by atoms with E-state index in [0.717, 1.165) is 44.5 Å². The molecule has 1 aliphatic rings. The zero-order valence-corrected chi connectivity index (χ0v) is 34.2. The van der Waals surface area contributed by atoms with Crippen LogP contribution >= 0.6 is 0 Å². The minimum atomic E-state index is -0.169. The van der Waals surface area contributed by atoms with E-state index in [1.165, 1.54) is 65.7 Å². The van der Waals surface area contributed by atoms with Gasteiger partial charge in [0.1, 0.15) is 17.3 Å². The zero-order valence-electron chi connectivity index (χ0n) is 34.2. The number of benzene rings is 10. The number of nitrogens with zero attached hydrogens (tertiary/aromatic N) is 2. The van der Waals surface area contributed by atoms with Crippen LogP contribution in [0.3, 0.4) is 0 Å². The maximum atomic E-state index is 6.86. The summed E-state index contributed by atoms with van der Waals surface area (Å²) in [5, 5.41) is 11.8. The van der Waals surface area contributed by atoms with Gasteiger partial charge in [-0.15, -0.1) is 0 Å². The molecule has 12 rings (SSSR count). The third-order valence-corrected chi connectivity index (χ3v) is 12.9. The fourth-order valence-electron chi connectivity index (χ4n) is 9.82. The van der Waals surface area contributed by atoms with Gasteiger partial charge in [0.25, 0.3) is 0 Å². The summed E-state index contributed by atoms with van der Waals surface area (Å²) in [6.45, 7) is 0. The Morgan fingerprint density at radius 1 is 0.435 bits per heavy atom. The lowest BCUT2D eigenvalue weighted by atomic mass is 9.88. The molecule has 0 aliphatic carbocycles. The van der Waals surface area contributed by atoms with Crippen LogP contribution in [0.1, 0.15) is 29.0 Å². The van der Waals surface area contributed by atoms with Crippen LogP contribution in [0, 0.1) is 0 Å². The van der Waals surface area contributed by atoms with Crippen LogP contribution in [0.5, 0.6) is 0 Å². The third kappa shape index (κ3) is 6.11. The summed E-state index contributed by atoms with van der Waals surface area (Å²) in [5.41, 5.74) is 12.3. The molecule has 2 N–H and O–H groups in total. The third-order valence-electron chi connectivity index (χ3n) is 12.9. The van der Waals surface area contributed by atoms with Crippen LogP contribution in [0.15, 0.2) is 222 Å². The first-order valence-electron chi connectivity index (χ1n) is 21.4. The van der Waals surface area contributed by atoms with E-state index in [4.69, 9.17) is 9.41 Å². The number of amidine groups is 1. The fourth-order valence-corrected chi connectivity index (χ4v) is 9.82. The van der Waals surface area contributed by atoms with E-state index in [1.807, 2.05) is 0 Å². The predicted octanol–water partition coefficient (Wildman–Crippen LogP) is 13.7. The summed E-state index contributed by atoms with van der Waals surface area (Å²) in [6.07, 6.45) is -0.221. The first-order chi connectivity index (χ1) is 30.6. The summed E-state index contributed by atoms with van der Waals surface area (Å²) < 4.78 is 6.86. The number of furan rings is 1. The molecule has 2 atom stereocenters. The molecular formula is C58H42N3O+. The van der Waals surface area contributed by atoms with Gasteiger partial charge >= 0.3 is 0 Å². The molecule has 0 amide bonds. The molecule has 0 fully saturated rings. The van der Waals surface area contributed by atoms with Gasteiger partial charge in [-0.1, -0.05) is 176 Å². The van der Waals surface area contributed by atoms with Crippen molar-refractivity contribution in [3.05, 3.63) is 229 Å². The Hall–Kier alpha value is -7.63. The molecule has 0 bridgehead atoms. The molecule has 11 aromatic rings. The average molecular weight is 797 g/mol. The normalized spacial score (nSPS) is 15.8. The Morgan fingerprint density at radius 3 is 1.85 bits per heavy atom. The molecule has 0 radical (unpaired) electrons. The minimum absolute atomic E-state index is 0.0522. The van der Waals surface area contributed by atoms with Gasteiger partial charge in [-0.25, -0.2) is 9.89 Å². The van der Waals surface area contributed by atoms with Gasteiger partial charge < -0.3 is 4.42 Å². The van der Waals surface area contributed by atoms with Gasteiger partial charge in [0.05, 0.1) is 5.56 Å². The first kappa shape index (κ1) is 36.2. The van der Waals surface area contributed by atoms with Crippen molar-refractivity contribution in [3.63, 3.8) is 0 Å². The van der Waals surface area contributed by atoms with Gasteiger partial charge in [-0.3, -0.25) is 5.32 Å². The lowest BCUT2D eigenvalue weighted by Crippen LogP contribution is -2.93. The topological polar surface area (TPSA) is 45.4 Å². The van der Waals surface area contributed by atoms with Crippen LogP contribution in [-0.2, 0) is 0 Å². The number of hydrogen-bond acceptors (Lipinski definition) is 3. The fraction of sp³-hybridized carbons (Fsp3) is 0.0517. The molecular weight excluding hydrogens is 755 g/mol. The van der Waals surface area contributed by atoms with Crippen LogP contribution in [0.25, 0.3) is 87.6 Å². The largest absolute Gasteiger partial charge is 0.456 e. The number of aliphatic imine (C=N–C) groups is 1. The number of nitrogens with two attached hydrogens (primary N) is 1. The Balaban J connectivity index is 1.04. The second-order valence-corrected chi connectivity index (χ2v) is 16.5. The molecule has 2 unspecified atom stereocenters. The van der Waals surface area contributed by atoms with Crippen LogP contribution < -0.4 is 5.32 Å². The van der Waals surface area contributed by atoms with Crippen molar-refractivity contribution in [1.29, 1.82) is 0 Å².